The van der Waals surface area contributed by atoms with Crippen LogP contribution in [0.25, 0.3) is 44.7 Å². The second-order valence-electron chi connectivity index (χ2n) is 9.48. The third-order valence-corrected chi connectivity index (χ3v) is 5.62. The van der Waals surface area contributed by atoms with Crippen LogP contribution in [-0.4, -0.2) is 24.9 Å². The summed E-state index contributed by atoms with van der Waals surface area (Å²) in [7, 11) is 0. The Labute approximate surface area is 182 Å². The van der Waals surface area contributed by atoms with Crippen LogP contribution in [0.5, 0.6) is 0 Å². The number of aromatic amines is 2. The number of benzene rings is 2. The molecule has 0 unspecified atom stereocenters. The zero-order valence-electron chi connectivity index (χ0n) is 18.6. The van der Waals surface area contributed by atoms with Crippen LogP contribution in [0.1, 0.15) is 52.1 Å². The summed E-state index contributed by atoms with van der Waals surface area (Å²) in [6, 6.07) is 18.8. The van der Waals surface area contributed by atoms with Crippen molar-refractivity contribution in [2.45, 2.75) is 46.0 Å². The lowest BCUT2D eigenvalue weighted by atomic mass is 9.91. The number of imidazole rings is 2. The van der Waals surface area contributed by atoms with Crippen molar-refractivity contribution in [3.63, 3.8) is 0 Å². The van der Waals surface area contributed by atoms with Gasteiger partial charge in [0, 0.05) is 17.0 Å². The highest BCUT2D eigenvalue weighted by atomic mass is 15.0. The van der Waals surface area contributed by atoms with Gasteiger partial charge >= 0.3 is 0 Å². The maximum Gasteiger partial charge on any atom is 0.157 e. The first-order valence-electron chi connectivity index (χ1n) is 10.8. The molecule has 2 N–H and O–H groups in total. The molecule has 0 fully saturated rings. The van der Waals surface area contributed by atoms with Crippen molar-refractivity contribution in [3.05, 3.63) is 66.1 Å². The molecule has 31 heavy (non-hydrogen) atoms. The molecule has 0 amide bonds. The Bertz CT molecular complexity index is 1400. The molecule has 0 bridgehead atoms. The van der Waals surface area contributed by atoms with Gasteiger partial charge < -0.3 is 9.97 Å². The fourth-order valence-corrected chi connectivity index (χ4v) is 3.78. The van der Waals surface area contributed by atoms with E-state index in [1.165, 1.54) is 0 Å². The van der Waals surface area contributed by atoms with Gasteiger partial charge in [0.1, 0.15) is 11.5 Å². The van der Waals surface area contributed by atoms with E-state index >= 15 is 0 Å². The van der Waals surface area contributed by atoms with Crippen molar-refractivity contribution in [3.8, 4) is 22.6 Å². The van der Waals surface area contributed by atoms with Crippen molar-refractivity contribution < 1.29 is 0 Å². The van der Waals surface area contributed by atoms with Crippen LogP contribution in [-0.2, 0) is 5.41 Å². The van der Waals surface area contributed by atoms with Crippen molar-refractivity contribution in [1.29, 1.82) is 0 Å². The number of nitrogens with zero attached hydrogens (tertiary/aromatic N) is 3. The number of pyridine rings is 1. The molecule has 3 heterocycles. The molecular weight excluding hydrogens is 382 g/mol. The Morgan fingerprint density at radius 1 is 0.742 bits per heavy atom. The summed E-state index contributed by atoms with van der Waals surface area (Å²) in [5, 5.41) is 0. The number of hydrogen-bond donors (Lipinski definition) is 2. The molecule has 156 valence electrons. The van der Waals surface area contributed by atoms with E-state index in [9.17, 15) is 0 Å². The maximum atomic E-state index is 4.84. The van der Waals surface area contributed by atoms with Gasteiger partial charge in [-0.05, 0) is 47.5 Å². The van der Waals surface area contributed by atoms with Crippen molar-refractivity contribution in [1.82, 2.24) is 24.9 Å². The molecule has 0 saturated carbocycles. The minimum atomic E-state index is -0.00402. The number of rotatable bonds is 3. The van der Waals surface area contributed by atoms with Gasteiger partial charge in [0.15, 0.2) is 5.82 Å². The number of aromatic nitrogens is 5. The fourth-order valence-electron chi connectivity index (χ4n) is 3.78. The van der Waals surface area contributed by atoms with Crippen LogP contribution in [0.15, 0.2) is 54.6 Å². The van der Waals surface area contributed by atoms with E-state index in [0.717, 1.165) is 56.2 Å². The molecule has 0 radical (unpaired) electrons. The predicted molar refractivity (Wildman–Crippen MR) is 127 cm³/mol. The molecule has 3 aromatic heterocycles. The molecule has 5 nitrogen and oxygen atoms in total. The molecule has 2 aromatic carbocycles. The quantitative estimate of drug-likeness (QED) is 0.353. The number of hydrogen-bond acceptors (Lipinski definition) is 3. The molecule has 5 aromatic rings. The largest absolute Gasteiger partial charge is 0.342 e. The zero-order chi connectivity index (χ0) is 21.8. The summed E-state index contributed by atoms with van der Waals surface area (Å²) in [5.41, 5.74) is 8.21. The second-order valence-corrected chi connectivity index (χ2v) is 9.48. The highest BCUT2D eigenvalue weighted by molar-refractivity contribution is 5.87. The highest BCUT2D eigenvalue weighted by Gasteiger charge is 2.17. The summed E-state index contributed by atoms with van der Waals surface area (Å²) >= 11 is 0. The van der Waals surface area contributed by atoms with Gasteiger partial charge in [-0.3, -0.25) is 0 Å². The zero-order valence-corrected chi connectivity index (χ0v) is 18.6. The third-order valence-electron chi connectivity index (χ3n) is 5.62. The van der Waals surface area contributed by atoms with Crippen LogP contribution in [0.3, 0.4) is 0 Å². The molecule has 5 heteroatoms. The second kappa shape index (κ2) is 7.05. The minimum Gasteiger partial charge on any atom is -0.342 e. The third kappa shape index (κ3) is 3.61. The summed E-state index contributed by atoms with van der Waals surface area (Å²) in [6.07, 6.45) is 0. The standard InChI is InChI=1S/C26H27N5/c1-15(2)24-28-18-11-9-16(13-21(18)30-24)17-10-12-19-22(14-17)31-25(29-19)20-7-6-8-23(27-20)26(3,4)5/h6-15H,1-5H3,(H,28,30)(H,29,31). The van der Waals surface area contributed by atoms with Crippen molar-refractivity contribution >= 4 is 22.1 Å². The highest BCUT2D eigenvalue weighted by Crippen LogP contribution is 2.29. The predicted octanol–water partition coefficient (Wildman–Crippen LogP) is 6.59. The van der Waals surface area contributed by atoms with E-state index in [1.807, 2.05) is 12.1 Å². The van der Waals surface area contributed by atoms with Gasteiger partial charge in [0.05, 0.1) is 22.1 Å². The first kappa shape index (κ1) is 19.5. The Morgan fingerprint density at radius 3 is 2.03 bits per heavy atom. The average Bonchev–Trinajstić information content (AvgIpc) is 3.36. The Hall–Kier alpha value is -3.47. The first-order chi connectivity index (χ1) is 14.8. The van der Waals surface area contributed by atoms with Gasteiger partial charge in [-0.25, -0.2) is 15.0 Å². The topological polar surface area (TPSA) is 70.2 Å². The molecule has 5 rings (SSSR count). The summed E-state index contributed by atoms with van der Waals surface area (Å²) < 4.78 is 0. The molecule has 0 spiro atoms. The average molecular weight is 410 g/mol. The lowest BCUT2D eigenvalue weighted by Gasteiger charge is -2.17. The van der Waals surface area contributed by atoms with Crippen LogP contribution in [0, 0.1) is 0 Å². The van der Waals surface area contributed by atoms with Gasteiger partial charge in [0.25, 0.3) is 0 Å². The summed E-state index contributed by atoms with van der Waals surface area (Å²) in [5.74, 6) is 2.19. The van der Waals surface area contributed by atoms with Gasteiger partial charge in [-0.2, -0.15) is 0 Å². The van der Waals surface area contributed by atoms with E-state index in [4.69, 9.17) is 9.97 Å². The summed E-state index contributed by atoms with van der Waals surface area (Å²) in [6.45, 7) is 10.8. The molecule has 0 aliphatic heterocycles. The summed E-state index contributed by atoms with van der Waals surface area (Å²) in [4.78, 5) is 21.2. The molecule has 0 atom stereocenters. The van der Waals surface area contributed by atoms with E-state index in [1.54, 1.807) is 0 Å². The van der Waals surface area contributed by atoms with E-state index in [2.05, 4.69) is 92.0 Å². The normalized spacial score (nSPS) is 12.3. The molecule has 0 saturated heterocycles. The van der Waals surface area contributed by atoms with Crippen LogP contribution in [0.4, 0.5) is 0 Å². The Balaban J connectivity index is 1.53. The van der Waals surface area contributed by atoms with E-state index < -0.39 is 0 Å². The Kier molecular flexibility index (Phi) is 4.43. The molecular formula is C26H27N5. The van der Waals surface area contributed by atoms with Crippen molar-refractivity contribution in [2.24, 2.45) is 0 Å². The molecule has 0 aliphatic carbocycles. The number of H-pyrrole nitrogens is 2. The first-order valence-corrected chi connectivity index (χ1v) is 10.8. The monoisotopic (exact) mass is 409 g/mol. The lowest BCUT2D eigenvalue weighted by Crippen LogP contribution is -2.13. The smallest absolute Gasteiger partial charge is 0.157 e. The number of fused-ring (bicyclic) bond motifs is 2. The van der Waals surface area contributed by atoms with Gasteiger partial charge in [-0.1, -0.05) is 52.8 Å². The Morgan fingerprint density at radius 2 is 1.39 bits per heavy atom. The number of nitrogens with one attached hydrogen (secondary N) is 2. The van der Waals surface area contributed by atoms with Gasteiger partial charge in [0.2, 0.25) is 0 Å². The van der Waals surface area contributed by atoms with Gasteiger partial charge in [-0.15, -0.1) is 0 Å². The van der Waals surface area contributed by atoms with E-state index in [0.29, 0.717) is 5.92 Å². The van der Waals surface area contributed by atoms with Crippen LogP contribution in [0.2, 0.25) is 0 Å². The SMILES string of the molecule is CC(C)c1nc2ccc(-c3ccc4nc(-c5cccc(C(C)(C)C)n5)[nH]c4c3)cc2[nH]1. The van der Waals surface area contributed by atoms with Crippen LogP contribution >= 0.6 is 0 Å². The lowest BCUT2D eigenvalue weighted by molar-refractivity contribution is 0.569. The molecule has 0 aliphatic rings. The van der Waals surface area contributed by atoms with Crippen molar-refractivity contribution in [2.75, 3.05) is 0 Å². The minimum absolute atomic E-state index is 0.00402. The van der Waals surface area contributed by atoms with Crippen LogP contribution < -0.4 is 0 Å². The fraction of sp³-hybridized carbons (Fsp3) is 0.269. The van der Waals surface area contributed by atoms with E-state index in [-0.39, 0.29) is 5.41 Å². The maximum absolute atomic E-state index is 4.84.